The molecule has 2 atom stereocenters. The third kappa shape index (κ3) is 3.51. The molecule has 0 spiro atoms. The Morgan fingerprint density at radius 2 is 2.19 bits per heavy atom. The van der Waals surface area contributed by atoms with Crippen molar-refractivity contribution in [3.63, 3.8) is 0 Å². The zero-order chi connectivity index (χ0) is 13.9. The predicted octanol–water partition coefficient (Wildman–Crippen LogP) is 2.55. The van der Waals surface area contributed by atoms with Gasteiger partial charge in [0, 0.05) is 29.8 Å². The molecule has 0 aromatic carbocycles. The van der Waals surface area contributed by atoms with E-state index < -0.39 is 0 Å². The second-order valence-corrected chi connectivity index (χ2v) is 5.17. The van der Waals surface area contributed by atoms with Crippen molar-refractivity contribution >= 4 is 12.4 Å². The summed E-state index contributed by atoms with van der Waals surface area (Å²) in [5.41, 5.74) is 6.82. The lowest BCUT2D eigenvalue weighted by Crippen LogP contribution is -2.26. The number of hydrogen-bond acceptors (Lipinski definition) is 6. The van der Waals surface area contributed by atoms with E-state index in [1.54, 1.807) is 19.4 Å². The normalized spacial score (nSPS) is 21.6. The number of rotatable bonds is 3. The first-order valence-corrected chi connectivity index (χ1v) is 6.86. The fraction of sp³-hybridized carbons (Fsp3) is 0.500. The van der Waals surface area contributed by atoms with E-state index >= 15 is 0 Å². The summed E-state index contributed by atoms with van der Waals surface area (Å²) in [6, 6.07) is 3.89. The summed E-state index contributed by atoms with van der Waals surface area (Å²) in [5, 5.41) is 4.03. The number of pyridine rings is 1. The molecule has 2 heterocycles. The van der Waals surface area contributed by atoms with Crippen molar-refractivity contribution in [3.05, 3.63) is 24.2 Å². The van der Waals surface area contributed by atoms with Crippen LogP contribution in [-0.4, -0.2) is 28.3 Å². The largest absolute Gasteiger partial charge is 0.481 e. The van der Waals surface area contributed by atoms with Gasteiger partial charge in [0.15, 0.2) is 0 Å². The Bertz CT molecular complexity index is 573. The molecular formula is C14H19ClN4O2. The van der Waals surface area contributed by atoms with Gasteiger partial charge >= 0.3 is 0 Å². The number of ether oxygens (including phenoxy) is 1. The molecule has 6 nitrogen and oxygen atoms in total. The molecule has 114 valence electrons. The minimum Gasteiger partial charge on any atom is -0.481 e. The van der Waals surface area contributed by atoms with Gasteiger partial charge in [-0.15, -0.1) is 12.4 Å². The average molecular weight is 311 g/mol. The first-order valence-electron chi connectivity index (χ1n) is 6.86. The number of halogens is 1. The van der Waals surface area contributed by atoms with Crippen molar-refractivity contribution in [1.82, 2.24) is 15.1 Å². The molecule has 1 saturated carbocycles. The quantitative estimate of drug-likeness (QED) is 0.937. The monoisotopic (exact) mass is 310 g/mol. The second-order valence-electron chi connectivity index (χ2n) is 5.17. The van der Waals surface area contributed by atoms with Gasteiger partial charge in [0.2, 0.25) is 17.6 Å². The minimum absolute atomic E-state index is 0. The highest BCUT2D eigenvalue weighted by atomic mass is 35.5. The first kappa shape index (κ1) is 15.7. The van der Waals surface area contributed by atoms with Crippen molar-refractivity contribution < 1.29 is 9.26 Å². The number of nitrogens with zero attached hydrogens (tertiary/aromatic N) is 3. The van der Waals surface area contributed by atoms with E-state index in [4.69, 9.17) is 15.0 Å². The molecule has 1 aliphatic rings. The lowest BCUT2D eigenvalue weighted by atomic mass is 9.86. The fourth-order valence-electron chi connectivity index (χ4n) is 2.60. The Hall–Kier alpha value is -1.66. The molecule has 7 heteroatoms. The summed E-state index contributed by atoms with van der Waals surface area (Å²) in [6.45, 7) is 0. The molecular weight excluding hydrogens is 292 g/mol. The number of aromatic nitrogens is 3. The van der Waals surface area contributed by atoms with Crippen LogP contribution < -0.4 is 10.5 Å². The Labute approximate surface area is 129 Å². The Balaban J connectivity index is 0.00000161. The van der Waals surface area contributed by atoms with E-state index in [2.05, 4.69) is 15.1 Å². The third-order valence-electron chi connectivity index (χ3n) is 3.71. The standard InChI is InChI=1S/C14H18N4O2.ClH/c1-19-12-6-5-10(8-16-12)13-17-14(20-18-13)9-3-2-4-11(15)7-9;/h5-6,8-9,11H,2-4,7,15H2,1H3;1H. The smallest absolute Gasteiger partial charge is 0.230 e. The van der Waals surface area contributed by atoms with Gasteiger partial charge in [0.1, 0.15) is 0 Å². The molecule has 0 radical (unpaired) electrons. The number of nitrogens with two attached hydrogens (primary N) is 1. The maximum Gasteiger partial charge on any atom is 0.230 e. The van der Waals surface area contributed by atoms with Gasteiger partial charge < -0.3 is 15.0 Å². The molecule has 0 bridgehead atoms. The maximum atomic E-state index is 6.00. The van der Waals surface area contributed by atoms with Crippen molar-refractivity contribution in [1.29, 1.82) is 0 Å². The van der Waals surface area contributed by atoms with Crippen LogP contribution in [0.15, 0.2) is 22.9 Å². The van der Waals surface area contributed by atoms with Crippen LogP contribution in [0.3, 0.4) is 0 Å². The second kappa shape index (κ2) is 6.87. The van der Waals surface area contributed by atoms with Crippen LogP contribution in [0.1, 0.15) is 37.5 Å². The van der Waals surface area contributed by atoms with E-state index in [0.717, 1.165) is 31.2 Å². The first-order chi connectivity index (χ1) is 9.76. The molecule has 21 heavy (non-hydrogen) atoms. The third-order valence-corrected chi connectivity index (χ3v) is 3.71. The Morgan fingerprint density at radius 1 is 1.33 bits per heavy atom. The molecule has 2 aromatic heterocycles. The van der Waals surface area contributed by atoms with Crippen LogP contribution in [0.25, 0.3) is 11.4 Å². The van der Waals surface area contributed by atoms with Crippen LogP contribution >= 0.6 is 12.4 Å². The molecule has 2 unspecified atom stereocenters. The van der Waals surface area contributed by atoms with Gasteiger partial charge in [-0.1, -0.05) is 11.6 Å². The summed E-state index contributed by atoms with van der Waals surface area (Å²) < 4.78 is 10.4. The summed E-state index contributed by atoms with van der Waals surface area (Å²) in [4.78, 5) is 8.62. The van der Waals surface area contributed by atoms with Crippen molar-refractivity contribution in [2.24, 2.45) is 5.73 Å². The van der Waals surface area contributed by atoms with E-state index in [0.29, 0.717) is 17.6 Å². The van der Waals surface area contributed by atoms with Gasteiger partial charge in [0.05, 0.1) is 7.11 Å². The van der Waals surface area contributed by atoms with Crippen molar-refractivity contribution in [2.75, 3.05) is 7.11 Å². The zero-order valence-corrected chi connectivity index (χ0v) is 12.7. The fourth-order valence-corrected chi connectivity index (χ4v) is 2.60. The van der Waals surface area contributed by atoms with Gasteiger partial charge in [-0.2, -0.15) is 4.98 Å². The summed E-state index contributed by atoms with van der Waals surface area (Å²) in [7, 11) is 1.58. The molecule has 3 rings (SSSR count). The topological polar surface area (TPSA) is 87.1 Å². The van der Waals surface area contributed by atoms with Crippen molar-refractivity contribution in [3.8, 4) is 17.3 Å². The highest BCUT2D eigenvalue weighted by Crippen LogP contribution is 2.32. The lowest BCUT2D eigenvalue weighted by Gasteiger charge is -2.23. The van der Waals surface area contributed by atoms with Gasteiger partial charge in [0.25, 0.3) is 0 Å². The van der Waals surface area contributed by atoms with E-state index in [1.807, 2.05) is 6.07 Å². The molecule has 0 amide bonds. The average Bonchev–Trinajstić information content (AvgIpc) is 2.97. The molecule has 0 saturated heterocycles. The maximum absolute atomic E-state index is 6.00. The van der Waals surface area contributed by atoms with Crippen LogP contribution in [0.5, 0.6) is 5.88 Å². The highest BCUT2D eigenvalue weighted by Gasteiger charge is 2.25. The minimum atomic E-state index is 0. The predicted molar refractivity (Wildman–Crippen MR) is 80.5 cm³/mol. The number of methoxy groups -OCH3 is 1. The summed E-state index contributed by atoms with van der Waals surface area (Å²) >= 11 is 0. The van der Waals surface area contributed by atoms with Crippen LogP contribution in [0, 0.1) is 0 Å². The van der Waals surface area contributed by atoms with Gasteiger partial charge in [-0.05, 0) is 25.3 Å². The van der Waals surface area contributed by atoms with E-state index in [-0.39, 0.29) is 24.4 Å². The molecule has 2 N–H and O–H groups in total. The molecule has 1 aliphatic carbocycles. The molecule has 2 aromatic rings. The lowest BCUT2D eigenvalue weighted by molar-refractivity contribution is 0.299. The van der Waals surface area contributed by atoms with Crippen molar-refractivity contribution in [2.45, 2.75) is 37.6 Å². The Kier molecular flexibility index (Phi) is 5.14. The number of hydrogen-bond donors (Lipinski definition) is 1. The van der Waals surface area contributed by atoms with E-state index in [9.17, 15) is 0 Å². The van der Waals surface area contributed by atoms with Gasteiger partial charge in [-0.25, -0.2) is 4.98 Å². The summed E-state index contributed by atoms with van der Waals surface area (Å²) in [6.07, 6.45) is 5.87. The molecule has 1 fully saturated rings. The van der Waals surface area contributed by atoms with Crippen LogP contribution in [0.2, 0.25) is 0 Å². The van der Waals surface area contributed by atoms with Gasteiger partial charge in [-0.3, -0.25) is 0 Å². The summed E-state index contributed by atoms with van der Waals surface area (Å²) in [5.74, 6) is 2.10. The highest BCUT2D eigenvalue weighted by molar-refractivity contribution is 5.85. The van der Waals surface area contributed by atoms with E-state index in [1.165, 1.54) is 0 Å². The van der Waals surface area contributed by atoms with Crippen LogP contribution in [-0.2, 0) is 0 Å². The molecule has 0 aliphatic heterocycles. The SMILES string of the molecule is COc1ccc(-c2noc(C3CCCC(N)C3)n2)cn1.Cl. The zero-order valence-electron chi connectivity index (χ0n) is 11.9. The van der Waals surface area contributed by atoms with Crippen LogP contribution in [0.4, 0.5) is 0 Å². The Morgan fingerprint density at radius 3 is 2.86 bits per heavy atom.